The maximum Gasteiger partial charge on any atom is 0.178 e. The SMILES string of the molecule is Cc1cccc2[nH]c(=S)n(C(C)C(C)C)c12. The minimum absolute atomic E-state index is 0.419. The van der Waals surface area contributed by atoms with Crippen molar-refractivity contribution in [3.8, 4) is 0 Å². The first-order valence-corrected chi connectivity index (χ1v) is 6.13. The van der Waals surface area contributed by atoms with Gasteiger partial charge in [0.1, 0.15) is 0 Å². The Morgan fingerprint density at radius 1 is 1.25 bits per heavy atom. The molecule has 1 aromatic heterocycles. The highest BCUT2D eigenvalue weighted by Crippen LogP contribution is 2.26. The molecule has 1 unspecified atom stereocenters. The zero-order valence-electron chi connectivity index (χ0n) is 10.2. The minimum atomic E-state index is 0.419. The third-order valence-electron chi connectivity index (χ3n) is 3.31. The van der Waals surface area contributed by atoms with Gasteiger partial charge in [0.2, 0.25) is 0 Å². The Morgan fingerprint density at radius 3 is 2.56 bits per heavy atom. The van der Waals surface area contributed by atoms with Crippen LogP contribution < -0.4 is 0 Å². The van der Waals surface area contributed by atoms with Crippen molar-refractivity contribution in [1.29, 1.82) is 0 Å². The molecule has 3 heteroatoms. The van der Waals surface area contributed by atoms with Crippen LogP contribution in [0.5, 0.6) is 0 Å². The van der Waals surface area contributed by atoms with E-state index in [1.807, 2.05) is 0 Å². The molecule has 1 N–H and O–H groups in total. The van der Waals surface area contributed by atoms with Crippen molar-refractivity contribution in [3.63, 3.8) is 0 Å². The Labute approximate surface area is 101 Å². The Balaban J connectivity index is 2.78. The number of rotatable bonds is 2. The van der Waals surface area contributed by atoms with Crippen molar-refractivity contribution in [2.45, 2.75) is 33.7 Å². The molecule has 0 radical (unpaired) electrons. The van der Waals surface area contributed by atoms with E-state index in [2.05, 4.69) is 55.4 Å². The molecular formula is C13H18N2S. The summed E-state index contributed by atoms with van der Waals surface area (Å²) in [5.74, 6) is 0.574. The smallest absolute Gasteiger partial charge is 0.178 e. The number of hydrogen-bond donors (Lipinski definition) is 1. The minimum Gasteiger partial charge on any atom is -0.331 e. The first-order valence-electron chi connectivity index (χ1n) is 5.72. The summed E-state index contributed by atoms with van der Waals surface area (Å²) in [5.41, 5.74) is 3.66. The lowest BCUT2D eigenvalue weighted by molar-refractivity contribution is 0.413. The maximum absolute atomic E-state index is 5.42. The van der Waals surface area contributed by atoms with Crippen molar-refractivity contribution in [2.24, 2.45) is 5.92 Å². The zero-order valence-corrected chi connectivity index (χ0v) is 11.1. The standard InChI is InChI=1S/C13H18N2S/c1-8(2)10(4)15-12-9(3)6-5-7-11(12)14-13(15)16/h5-8,10H,1-4H3,(H,14,16). The number of aromatic amines is 1. The second kappa shape index (κ2) is 4.06. The lowest BCUT2D eigenvalue weighted by Gasteiger charge is -2.19. The molecule has 0 saturated heterocycles. The summed E-state index contributed by atoms with van der Waals surface area (Å²) in [6.07, 6.45) is 0. The third kappa shape index (κ3) is 1.69. The van der Waals surface area contributed by atoms with Gasteiger partial charge in [-0.05, 0) is 43.6 Å². The van der Waals surface area contributed by atoms with Gasteiger partial charge in [0, 0.05) is 6.04 Å². The van der Waals surface area contributed by atoms with Crippen LogP contribution >= 0.6 is 12.2 Å². The third-order valence-corrected chi connectivity index (χ3v) is 3.61. The summed E-state index contributed by atoms with van der Waals surface area (Å²) in [5, 5.41) is 0. The lowest BCUT2D eigenvalue weighted by atomic mass is 10.1. The molecule has 1 heterocycles. The first-order chi connectivity index (χ1) is 7.52. The highest BCUT2D eigenvalue weighted by molar-refractivity contribution is 7.71. The van der Waals surface area contributed by atoms with Crippen LogP contribution in [0.3, 0.4) is 0 Å². The van der Waals surface area contributed by atoms with Crippen molar-refractivity contribution < 1.29 is 0 Å². The molecule has 2 nitrogen and oxygen atoms in total. The molecule has 0 aliphatic carbocycles. The normalized spacial score (nSPS) is 13.6. The molecule has 0 spiro atoms. The highest BCUT2D eigenvalue weighted by Gasteiger charge is 2.15. The van der Waals surface area contributed by atoms with Gasteiger partial charge in [-0.2, -0.15) is 0 Å². The highest BCUT2D eigenvalue weighted by atomic mass is 32.1. The number of hydrogen-bond acceptors (Lipinski definition) is 1. The second-order valence-corrected chi connectivity index (χ2v) is 5.14. The van der Waals surface area contributed by atoms with Crippen LogP contribution in [-0.2, 0) is 0 Å². The zero-order chi connectivity index (χ0) is 11.9. The summed E-state index contributed by atoms with van der Waals surface area (Å²) in [6.45, 7) is 8.81. The van der Waals surface area contributed by atoms with E-state index < -0.39 is 0 Å². The van der Waals surface area contributed by atoms with Crippen molar-refractivity contribution >= 4 is 23.3 Å². The molecule has 0 saturated carbocycles. The van der Waals surface area contributed by atoms with E-state index in [-0.39, 0.29) is 0 Å². The number of H-pyrrole nitrogens is 1. The predicted molar refractivity (Wildman–Crippen MR) is 71.4 cm³/mol. The van der Waals surface area contributed by atoms with E-state index in [4.69, 9.17) is 12.2 Å². The average Bonchev–Trinajstić information content (AvgIpc) is 2.54. The van der Waals surface area contributed by atoms with Crippen LogP contribution in [0.15, 0.2) is 18.2 Å². The van der Waals surface area contributed by atoms with Gasteiger partial charge in [0.25, 0.3) is 0 Å². The van der Waals surface area contributed by atoms with Gasteiger partial charge in [0.15, 0.2) is 4.77 Å². The molecule has 1 aromatic carbocycles. The molecular weight excluding hydrogens is 216 g/mol. The van der Waals surface area contributed by atoms with Gasteiger partial charge in [-0.25, -0.2) is 0 Å². The van der Waals surface area contributed by atoms with Crippen molar-refractivity contribution in [2.75, 3.05) is 0 Å². The number of aryl methyl sites for hydroxylation is 1. The topological polar surface area (TPSA) is 20.7 Å². The van der Waals surface area contributed by atoms with Crippen molar-refractivity contribution in [3.05, 3.63) is 28.5 Å². The quantitative estimate of drug-likeness (QED) is 0.771. The lowest BCUT2D eigenvalue weighted by Crippen LogP contribution is -2.11. The molecule has 2 rings (SSSR count). The number of benzene rings is 1. The van der Waals surface area contributed by atoms with Crippen LogP contribution in [-0.4, -0.2) is 9.55 Å². The van der Waals surface area contributed by atoms with E-state index in [1.165, 1.54) is 11.1 Å². The van der Waals surface area contributed by atoms with Gasteiger partial charge < -0.3 is 9.55 Å². The molecule has 86 valence electrons. The fourth-order valence-electron chi connectivity index (χ4n) is 2.04. The van der Waals surface area contributed by atoms with Crippen LogP contribution in [0.4, 0.5) is 0 Å². The Bertz CT molecular complexity index is 563. The number of aromatic nitrogens is 2. The van der Waals surface area contributed by atoms with E-state index in [0.29, 0.717) is 12.0 Å². The molecule has 0 aliphatic rings. The molecule has 0 fully saturated rings. The maximum atomic E-state index is 5.42. The van der Waals surface area contributed by atoms with Crippen LogP contribution in [0, 0.1) is 17.6 Å². The largest absolute Gasteiger partial charge is 0.331 e. The Kier molecular flexibility index (Phi) is 2.89. The summed E-state index contributed by atoms with van der Waals surface area (Å²) < 4.78 is 3.07. The Morgan fingerprint density at radius 2 is 1.94 bits per heavy atom. The van der Waals surface area contributed by atoms with E-state index in [9.17, 15) is 0 Å². The van der Waals surface area contributed by atoms with Gasteiger partial charge in [-0.3, -0.25) is 0 Å². The Hall–Kier alpha value is -1.09. The number of nitrogens with one attached hydrogen (secondary N) is 1. The van der Waals surface area contributed by atoms with Crippen LogP contribution in [0.1, 0.15) is 32.4 Å². The van der Waals surface area contributed by atoms with E-state index in [0.717, 1.165) is 10.3 Å². The number of fused-ring (bicyclic) bond motifs is 1. The second-order valence-electron chi connectivity index (χ2n) is 4.76. The molecule has 0 bridgehead atoms. The van der Waals surface area contributed by atoms with Gasteiger partial charge >= 0.3 is 0 Å². The fraction of sp³-hybridized carbons (Fsp3) is 0.462. The first kappa shape index (κ1) is 11.4. The number of para-hydroxylation sites is 1. The van der Waals surface area contributed by atoms with Crippen LogP contribution in [0.2, 0.25) is 0 Å². The molecule has 2 aromatic rings. The molecule has 0 aliphatic heterocycles. The van der Waals surface area contributed by atoms with Gasteiger partial charge in [-0.15, -0.1) is 0 Å². The van der Waals surface area contributed by atoms with Crippen molar-refractivity contribution in [1.82, 2.24) is 9.55 Å². The predicted octanol–water partition coefficient (Wildman–Crippen LogP) is 4.22. The van der Waals surface area contributed by atoms with Gasteiger partial charge in [-0.1, -0.05) is 26.0 Å². The summed E-state index contributed by atoms with van der Waals surface area (Å²) in [7, 11) is 0. The monoisotopic (exact) mass is 234 g/mol. The van der Waals surface area contributed by atoms with E-state index in [1.54, 1.807) is 0 Å². The average molecular weight is 234 g/mol. The summed E-state index contributed by atoms with van der Waals surface area (Å²) >= 11 is 5.42. The number of nitrogens with zero attached hydrogens (tertiary/aromatic N) is 1. The molecule has 16 heavy (non-hydrogen) atoms. The summed E-state index contributed by atoms with van der Waals surface area (Å²) in [4.78, 5) is 3.28. The molecule has 1 atom stereocenters. The van der Waals surface area contributed by atoms with Crippen LogP contribution in [0.25, 0.3) is 11.0 Å². The summed E-state index contributed by atoms with van der Waals surface area (Å²) in [6, 6.07) is 6.70. The molecule has 0 amide bonds. The number of imidazole rings is 1. The fourth-order valence-corrected chi connectivity index (χ4v) is 2.41. The van der Waals surface area contributed by atoms with Gasteiger partial charge in [0.05, 0.1) is 11.0 Å². The van der Waals surface area contributed by atoms with E-state index >= 15 is 0 Å².